The van der Waals surface area contributed by atoms with Crippen LogP contribution in [0.1, 0.15) is 18.7 Å². The Morgan fingerprint density at radius 3 is 3.00 bits per heavy atom. The molecule has 0 saturated carbocycles. The van der Waals surface area contributed by atoms with Crippen LogP contribution in [0.3, 0.4) is 0 Å². The van der Waals surface area contributed by atoms with E-state index in [4.69, 9.17) is 4.74 Å². The van der Waals surface area contributed by atoms with E-state index in [0.717, 1.165) is 35.8 Å². The molecule has 1 saturated heterocycles. The molecule has 1 N–H and O–H groups in total. The molecule has 0 aliphatic carbocycles. The summed E-state index contributed by atoms with van der Waals surface area (Å²) in [7, 11) is 0. The van der Waals surface area contributed by atoms with Crippen LogP contribution in [0.4, 0.5) is 0 Å². The molecule has 1 aromatic carbocycles. The molecular formula is C14H19N3O. The highest BCUT2D eigenvalue weighted by atomic mass is 16.5. The fraction of sp³-hybridized carbons (Fsp3) is 0.500. The summed E-state index contributed by atoms with van der Waals surface area (Å²) >= 11 is 0. The third-order valence-corrected chi connectivity index (χ3v) is 3.45. The maximum atomic E-state index is 5.80. The smallest absolute Gasteiger partial charge is 0.121 e. The highest BCUT2D eigenvalue weighted by molar-refractivity contribution is 5.76. The summed E-state index contributed by atoms with van der Waals surface area (Å²) in [4.78, 5) is 10.1. The number of aryl methyl sites for hydroxylation is 1. The zero-order valence-electron chi connectivity index (χ0n) is 10.8. The Bertz CT molecular complexity index is 529. The first kappa shape index (κ1) is 11.5. The molecule has 0 spiro atoms. The number of nitrogens with one attached hydrogen (secondary N) is 1. The molecule has 2 aromatic rings. The van der Waals surface area contributed by atoms with Crippen molar-refractivity contribution in [2.45, 2.75) is 19.8 Å². The number of hydrogen-bond donors (Lipinski definition) is 1. The molecule has 1 aromatic heterocycles. The van der Waals surface area contributed by atoms with Gasteiger partial charge in [0.05, 0.1) is 11.0 Å². The van der Waals surface area contributed by atoms with E-state index in [1.165, 1.54) is 25.9 Å². The Labute approximate surface area is 107 Å². The summed E-state index contributed by atoms with van der Waals surface area (Å²) in [6.45, 7) is 6.21. The standard InChI is InChI=1S/C14H19N3O/c1-11-15-13-5-4-12(10-14(13)16-11)18-9-8-17-6-2-3-7-17/h4-5,10H,2-3,6-9H2,1H3,(H,15,16). The number of H-pyrrole nitrogens is 1. The van der Waals surface area contributed by atoms with Crippen LogP contribution in [0.5, 0.6) is 5.75 Å². The van der Waals surface area contributed by atoms with E-state index in [1.807, 2.05) is 25.1 Å². The lowest BCUT2D eigenvalue weighted by Crippen LogP contribution is -2.25. The molecule has 4 nitrogen and oxygen atoms in total. The molecular weight excluding hydrogens is 226 g/mol. The fourth-order valence-electron chi connectivity index (χ4n) is 2.50. The van der Waals surface area contributed by atoms with Gasteiger partial charge >= 0.3 is 0 Å². The number of fused-ring (bicyclic) bond motifs is 1. The van der Waals surface area contributed by atoms with E-state index in [9.17, 15) is 0 Å². The minimum absolute atomic E-state index is 0.763. The predicted molar refractivity (Wildman–Crippen MR) is 72.0 cm³/mol. The molecule has 3 rings (SSSR count). The minimum atomic E-state index is 0.763. The van der Waals surface area contributed by atoms with Gasteiger partial charge in [-0.15, -0.1) is 0 Å². The normalized spacial score (nSPS) is 16.5. The van der Waals surface area contributed by atoms with Crippen molar-refractivity contribution in [2.75, 3.05) is 26.2 Å². The van der Waals surface area contributed by atoms with Gasteiger partial charge in [-0.05, 0) is 45.0 Å². The molecule has 1 aliphatic heterocycles. The van der Waals surface area contributed by atoms with Crippen LogP contribution >= 0.6 is 0 Å². The average Bonchev–Trinajstić information content (AvgIpc) is 2.96. The quantitative estimate of drug-likeness (QED) is 0.899. The Balaban J connectivity index is 1.59. The first-order chi connectivity index (χ1) is 8.81. The van der Waals surface area contributed by atoms with Gasteiger partial charge in [-0.3, -0.25) is 4.90 Å². The molecule has 18 heavy (non-hydrogen) atoms. The molecule has 1 aliphatic rings. The SMILES string of the molecule is Cc1nc2ccc(OCCN3CCCC3)cc2[nH]1. The Hall–Kier alpha value is -1.55. The van der Waals surface area contributed by atoms with Crippen molar-refractivity contribution in [1.29, 1.82) is 0 Å². The van der Waals surface area contributed by atoms with Crippen LogP contribution in [-0.2, 0) is 0 Å². The Morgan fingerprint density at radius 1 is 1.33 bits per heavy atom. The molecule has 0 atom stereocenters. The highest BCUT2D eigenvalue weighted by Crippen LogP contribution is 2.19. The lowest BCUT2D eigenvalue weighted by atomic mass is 10.3. The lowest BCUT2D eigenvalue weighted by Gasteiger charge is -2.14. The van der Waals surface area contributed by atoms with E-state index >= 15 is 0 Å². The summed E-state index contributed by atoms with van der Waals surface area (Å²) < 4.78 is 5.80. The van der Waals surface area contributed by atoms with Crippen molar-refractivity contribution >= 4 is 11.0 Å². The lowest BCUT2D eigenvalue weighted by molar-refractivity contribution is 0.238. The number of likely N-dealkylation sites (tertiary alicyclic amines) is 1. The van der Waals surface area contributed by atoms with E-state index < -0.39 is 0 Å². The van der Waals surface area contributed by atoms with Gasteiger partial charge in [0.15, 0.2) is 0 Å². The van der Waals surface area contributed by atoms with Crippen LogP contribution in [0.25, 0.3) is 11.0 Å². The van der Waals surface area contributed by atoms with Gasteiger partial charge in [-0.1, -0.05) is 0 Å². The maximum Gasteiger partial charge on any atom is 0.121 e. The van der Waals surface area contributed by atoms with Gasteiger partial charge in [0.1, 0.15) is 18.2 Å². The second kappa shape index (κ2) is 4.98. The zero-order chi connectivity index (χ0) is 12.4. The van der Waals surface area contributed by atoms with Gasteiger partial charge in [0.25, 0.3) is 0 Å². The third-order valence-electron chi connectivity index (χ3n) is 3.45. The molecule has 0 radical (unpaired) electrons. The van der Waals surface area contributed by atoms with Crippen LogP contribution in [-0.4, -0.2) is 41.1 Å². The first-order valence-corrected chi connectivity index (χ1v) is 6.63. The summed E-state index contributed by atoms with van der Waals surface area (Å²) in [6, 6.07) is 6.02. The van der Waals surface area contributed by atoms with Crippen LogP contribution in [0.15, 0.2) is 18.2 Å². The van der Waals surface area contributed by atoms with E-state index in [0.29, 0.717) is 0 Å². The molecule has 0 amide bonds. The molecule has 96 valence electrons. The summed E-state index contributed by atoms with van der Waals surface area (Å²) in [5.41, 5.74) is 2.05. The zero-order valence-corrected chi connectivity index (χ0v) is 10.8. The second-order valence-electron chi connectivity index (χ2n) is 4.90. The summed E-state index contributed by atoms with van der Waals surface area (Å²) in [5.74, 6) is 1.87. The summed E-state index contributed by atoms with van der Waals surface area (Å²) in [6.07, 6.45) is 2.67. The van der Waals surface area contributed by atoms with Gasteiger partial charge in [-0.25, -0.2) is 4.98 Å². The van der Waals surface area contributed by atoms with Gasteiger partial charge in [0.2, 0.25) is 0 Å². The Morgan fingerprint density at radius 2 is 2.17 bits per heavy atom. The predicted octanol–water partition coefficient (Wildman–Crippen LogP) is 2.35. The number of benzene rings is 1. The number of aromatic amines is 1. The molecule has 0 unspecified atom stereocenters. The number of ether oxygens (including phenoxy) is 1. The largest absolute Gasteiger partial charge is 0.492 e. The number of rotatable bonds is 4. The number of imidazole rings is 1. The molecule has 0 bridgehead atoms. The average molecular weight is 245 g/mol. The maximum absolute atomic E-state index is 5.80. The number of aromatic nitrogens is 2. The van der Waals surface area contributed by atoms with Crippen LogP contribution < -0.4 is 4.74 Å². The number of hydrogen-bond acceptors (Lipinski definition) is 3. The van der Waals surface area contributed by atoms with Crippen molar-refractivity contribution in [2.24, 2.45) is 0 Å². The van der Waals surface area contributed by atoms with Crippen molar-refractivity contribution in [3.63, 3.8) is 0 Å². The Kier molecular flexibility index (Phi) is 3.19. The first-order valence-electron chi connectivity index (χ1n) is 6.63. The van der Waals surface area contributed by atoms with E-state index in [-0.39, 0.29) is 0 Å². The van der Waals surface area contributed by atoms with E-state index in [1.54, 1.807) is 0 Å². The molecule has 2 heterocycles. The van der Waals surface area contributed by atoms with E-state index in [2.05, 4.69) is 14.9 Å². The van der Waals surface area contributed by atoms with Crippen molar-refractivity contribution in [1.82, 2.24) is 14.9 Å². The summed E-state index contributed by atoms with van der Waals surface area (Å²) in [5, 5.41) is 0. The van der Waals surface area contributed by atoms with Crippen LogP contribution in [0.2, 0.25) is 0 Å². The second-order valence-corrected chi connectivity index (χ2v) is 4.90. The fourth-order valence-corrected chi connectivity index (χ4v) is 2.50. The minimum Gasteiger partial charge on any atom is -0.492 e. The molecule has 4 heteroatoms. The third kappa shape index (κ3) is 2.48. The number of nitrogens with zero attached hydrogens (tertiary/aromatic N) is 2. The highest BCUT2D eigenvalue weighted by Gasteiger charge is 2.10. The van der Waals surface area contributed by atoms with Crippen molar-refractivity contribution in [3.8, 4) is 5.75 Å². The van der Waals surface area contributed by atoms with Gasteiger partial charge in [0, 0.05) is 12.6 Å². The topological polar surface area (TPSA) is 41.1 Å². The van der Waals surface area contributed by atoms with Gasteiger partial charge in [-0.2, -0.15) is 0 Å². The van der Waals surface area contributed by atoms with Gasteiger partial charge < -0.3 is 9.72 Å². The monoisotopic (exact) mass is 245 g/mol. The van der Waals surface area contributed by atoms with Crippen molar-refractivity contribution < 1.29 is 4.74 Å². The van der Waals surface area contributed by atoms with Crippen LogP contribution in [0, 0.1) is 6.92 Å². The molecule has 1 fully saturated rings. The van der Waals surface area contributed by atoms with Crippen molar-refractivity contribution in [3.05, 3.63) is 24.0 Å².